The fraction of sp³-hybridized carbons (Fsp3) is 0.800. The largest absolute Gasteiger partial charge is 0.455 e. The van der Waals surface area contributed by atoms with Crippen molar-refractivity contribution in [3.05, 3.63) is 11.7 Å². The molecule has 2 N–H and O–H groups in total. The van der Waals surface area contributed by atoms with E-state index in [0.29, 0.717) is 12.5 Å². The lowest BCUT2D eigenvalue weighted by Gasteiger charge is -2.24. The van der Waals surface area contributed by atoms with Crippen LogP contribution in [-0.2, 0) is 6.18 Å². The van der Waals surface area contributed by atoms with Crippen LogP contribution >= 0.6 is 0 Å². The fourth-order valence-electron chi connectivity index (χ4n) is 2.16. The Labute approximate surface area is 96.4 Å². The van der Waals surface area contributed by atoms with Crippen LogP contribution in [0.5, 0.6) is 0 Å². The zero-order chi connectivity index (χ0) is 12.5. The molecule has 2 rings (SSSR count). The summed E-state index contributed by atoms with van der Waals surface area (Å²) >= 11 is 0. The van der Waals surface area contributed by atoms with Crippen LogP contribution in [0.1, 0.15) is 43.3 Å². The lowest BCUT2D eigenvalue weighted by molar-refractivity contribution is -0.146. The summed E-state index contributed by atoms with van der Waals surface area (Å²) in [6.07, 6.45) is -1.19. The van der Waals surface area contributed by atoms with E-state index in [1.807, 2.05) is 0 Å². The lowest BCUT2D eigenvalue weighted by Crippen LogP contribution is -2.20. The summed E-state index contributed by atoms with van der Waals surface area (Å²) in [5.41, 5.74) is 5.55. The Kier molecular flexibility index (Phi) is 3.37. The van der Waals surface area contributed by atoms with E-state index in [-0.39, 0.29) is 11.8 Å². The molecule has 1 aliphatic rings. The van der Waals surface area contributed by atoms with Crippen LogP contribution < -0.4 is 5.73 Å². The molecular formula is C10H14F3N3O. The van der Waals surface area contributed by atoms with E-state index in [1.54, 1.807) is 0 Å². The van der Waals surface area contributed by atoms with Crippen molar-refractivity contribution in [1.82, 2.24) is 10.1 Å². The van der Waals surface area contributed by atoms with Gasteiger partial charge in [0.2, 0.25) is 5.89 Å². The summed E-state index contributed by atoms with van der Waals surface area (Å²) in [6, 6.07) is 0. The number of hydrogen-bond acceptors (Lipinski definition) is 4. The van der Waals surface area contributed by atoms with Gasteiger partial charge in [-0.2, -0.15) is 18.2 Å². The second-order valence-corrected chi connectivity index (χ2v) is 4.41. The van der Waals surface area contributed by atoms with Gasteiger partial charge >= 0.3 is 6.18 Å². The second kappa shape index (κ2) is 4.64. The molecule has 1 heterocycles. The van der Waals surface area contributed by atoms with E-state index >= 15 is 0 Å². The summed E-state index contributed by atoms with van der Waals surface area (Å²) in [5, 5.41) is 2.97. The minimum absolute atomic E-state index is 0.0543. The maximum Gasteiger partial charge on any atom is 0.455 e. The van der Waals surface area contributed by atoms with Crippen LogP contribution in [0.4, 0.5) is 13.2 Å². The zero-order valence-electron chi connectivity index (χ0n) is 9.20. The van der Waals surface area contributed by atoms with Crippen LogP contribution in [-0.4, -0.2) is 16.7 Å². The highest BCUT2D eigenvalue weighted by molar-refractivity contribution is 4.98. The van der Waals surface area contributed by atoms with Crippen LogP contribution in [0.15, 0.2) is 4.52 Å². The predicted octanol–water partition coefficient (Wildman–Crippen LogP) is 2.32. The first-order chi connectivity index (χ1) is 8.00. The van der Waals surface area contributed by atoms with E-state index in [0.717, 1.165) is 25.7 Å². The average Bonchev–Trinajstić information content (AvgIpc) is 2.78. The zero-order valence-corrected chi connectivity index (χ0v) is 9.20. The molecule has 0 spiro atoms. The third-order valence-electron chi connectivity index (χ3n) is 3.22. The molecule has 0 aliphatic heterocycles. The van der Waals surface area contributed by atoms with Crippen LogP contribution in [0, 0.1) is 5.92 Å². The molecular weight excluding hydrogens is 235 g/mol. The number of aromatic nitrogens is 2. The standard InChI is InChI=1S/C10H14F3N3O/c11-10(12,13)9-15-8(17-16-9)7-3-1-6(5-14)2-4-7/h6-7H,1-5,14H2. The third kappa shape index (κ3) is 2.77. The predicted molar refractivity (Wildman–Crippen MR) is 53.1 cm³/mol. The van der Waals surface area contributed by atoms with Crippen molar-refractivity contribution in [3.63, 3.8) is 0 Å². The van der Waals surface area contributed by atoms with Crippen molar-refractivity contribution in [2.75, 3.05) is 6.54 Å². The number of rotatable bonds is 2. The summed E-state index contributed by atoms with van der Waals surface area (Å²) in [4.78, 5) is 3.42. The highest BCUT2D eigenvalue weighted by Gasteiger charge is 2.38. The summed E-state index contributed by atoms with van der Waals surface area (Å²) < 4.78 is 41.5. The molecule has 0 atom stereocenters. The highest BCUT2D eigenvalue weighted by Crippen LogP contribution is 2.36. The molecule has 4 nitrogen and oxygen atoms in total. The molecule has 17 heavy (non-hydrogen) atoms. The van der Waals surface area contributed by atoms with Crippen molar-refractivity contribution in [3.8, 4) is 0 Å². The van der Waals surface area contributed by atoms with E-state index < -0.39 is 12.0 Å². The van der Waals surface area contributed by atoms with Crippen molar-refractivity contribution in [2.45, 2.75) is 37.8 Å². The van der Waals surface area contributed by atoms with Gasteiger partial charge in [-0.3, -0.25) is 0 Å². The molecule has 7 heteroatoms. The van der Waals surface area contributed by atoms with E-state index in [4.69, 9.17) is 5.73 Å². The van der Waals surface area contributed by atoms with Crippen molar-refractivity contribution in [1.29, 1.82) is 0 Å². The number of hydrogen-bond donors (Lipinski definition) is 1. The number of nitrogens with two attached hydrogens (primary N) is 1. The van der Waals surface area contributed by atoms with Gasteiger partial charge in [0, 0.05) is 5.92 Å². The summed E-state index contributed by atoms with van der Waals surface area (Å²) in [5.74, 6) is -0.668. The van der Waals surface area contributed by atoms with Gasteiger partial charge in [-0.25, -0.2) is 0 Å². The fourth-order valence-corrected chi connectivity index (χ4v) is 2.16. The Morgan fingerprint density at radius 1 is 1.24 bits per heavy atom. The molecule has 1 aromatic rings. The number of nitrogens with zero attached hydrogens (tertiary/aromatic N) is 2. The van der Waals surface area contributed by atoms with Crippen LogP contribution in [0.25, 0.3) is 0 Å². The van der Waals surface area contributed by atoms with Gasteiger partial charge in [0.15, 0.2) is 0 Å². The quantitative estimate of drug-likeness (QED) is 0.873. The lowest BCUT2D eigenvalue weighted by atomic mass is 9.82. The Morgan fingerprint density at radius 2 is 1.88 bits per heavy atom. The molecule has 96 valence electrons. The van der Waals surface area contributed by atoms with E-state index in [1.165, 1.54) is 0 Å². The molecule has 1 aromatic heterocycles. The molecule has 0 aromatic carbocycles. The first-order valence-corrected chi connectivity index (χ1v) is 5.61. The minimum atomic E-state index is -4.53. The molecule has 0 amide bonds. The molecule has 0 unspecified atom stereocenters. The van der Waals surface area contributed by atoms with Gasteiger partial charge in [0.05, 0.1) is 0 Å². The number of halogens is 3. The molecule has 1 aliphatic carbocycles. The van der Waals surface area contributed by atoms with Gasteiger partial charge in [0.25, 0.3) is 5.82 Å². The molecule has 0 saturated heterocycles. The van der Waals surface area contributed by atoms with Gasteiger partial charge in [-0.05, 0) is 38.1 Å². The number of alkyl halides is 3. The van der Waals surface area contributed by atoms with Gasteiger partial charge in [-0.15, -0.1) is 0 Å². The van der Waals surface area contributed by atoms with Gasteiger partial charge < -0.3 is 10.3 Å². The van der Waals surface area contributed by atoms with Crippen LogP contribution in [0.2, 0.25) is 0 Å². The Hall–Kier alpha value is -1.11. The highest BCUT2D eigenvalue weighted by atomic mass is 19.4. The van der Waals surface area contributed by atoms with E-state index in [9.17, 15) is 13.2 Å². The Balaban J connectivity index is 2.02. The molecule has 1 saturated carbocycles. The van der Waals surface area contributed by atoms with Gasteiger partial charge in [0.1, 0.15) is 0 Å². The van der Waals surface area contributed by atoms with Crippen LogP contribution in [0.3, 0.4) is 0 Å². The maximum absolute atomic E-state index is 12.3. The third-order valence-corrected chi connectivity index (χ3v) is 3.22. The molecule has 1 fully saturated rings. The monoisotopic (exact) mass is 249 g/mol. The topological polar surface area (TPSA) is 64.9 Å². The first kappa shape index (κ1) is 12.3. The Morgan fingerprint density at radius 3 is 2.35 bits per heavy atom. The second-order valence-electron chi connectivity index (χ2n) is 4.41. The van der Waals surface area contributed by atoms with Crippen molar-refractivity contribution in [2.24, 2.45) is 11.7 Å². The van der Waals surface area contributed by atoms with Crippen molar-refractivity contribution >= 4 is 0 Å². The SMILES string of the molecule is NCC1CCC(c2nc(C(F)(F)F)no2)CC1. The molecule has 0 bridgehead atoms. The Bertz CT molecular complexity index is 369. The minimum Gasteiger partial charge on any atom is -0.339 e. The summed E-state index contributed by atoms with van der Waals surface area (Å²) in [6.45, 7) is 0.629. The maximum atomic E-state index is 12.3. The normalized spacial score (nSPS) is 26.1. The van der Waals surface area contributed by atoms with Gasteiger partial charge in [-0.1, -0.05) is 5.16 Å². The average molecular weight is 249 g/mol. The molecule has 0 radical (unpaired) electrons. The first-order valence-electron chi connectivity index (χ1n) is 5.61. The summed E-state index contributed by atoms with van der Waals surface area (Å²) in [7, 11) is 0. The van der Waals surface area contributed by atoms with E-state index in [2.05, 4.69) is 14.7 Å². The van der Waals surface area contributed by atoms with Crippen molar-refractivity contribution < 1.29 is 17.7 Å². The smallest absolute Gasteiger partial charge is 0.339 e.